The molecule has 0 heterocycles. The third-order valence-electron chi connectivity index (χ3n) is 6.62. The second kappa shape index (κ2) is 19.2. The Balaban J connectivity index is 1.96. The summed E-state index contributed by atoms with van der Waals surface area (Å²) in [5, 5.41) is 1.78. The summed E-state index contributed by atoms with van der Waals surface area (Å²) in [5.41, 5.74) is 8.98. The van der Waals surface area contributed by atoms with E-state index < -0.39 is 0 Å². The highest BCUT2D eigenvalue weighted by Crippen LogP contribution is 2.22. The van der Waals surface area contributed by atoms with E-state index in [-0.39, 0.29) is 0 Å². The normalized spacial score (nSPS) is 11.4. The van der Waals surface area contributed by atoms with Gasteiger partial charge in [-0.25, -0.2) is 5.84 Å². The fourth-order valence-electron chi connectivity index (χ4n) is 4.44. The summed E-state index contributed by atoms with van der Waals surface area (Å²) in [4.78, 5) is 2.41. The molecule has 0 spiro atoms. The predicted molar refractivity (Wildman–Crippen MR) is 144 cm³/mol. The number of nitrogens with zero attached hydrogens (tertiary/aromatic N) is 2. The Kier molecular flexibility index (Phi) is 17.3. The first-order valence-electron chi connectivity index (χ1n) is 13.7. The summed E-state index contributed by atoms with van der Waals surface area (Å²) < 4.78 is 0. The lowest BCUT2D eigenvalue weighted by atomic mass is 10.0. The molecule has 4 nitrogen and oxygen atoms in total. The van der Waals surface area contributed by atoms with E-state index in [1.54, 1.807) is 5.01 Å². The van der Waals surface area contributed by atoms with Crippen LogP contribution >= 0.6 is 0 Å². The zero-order valence-corrected chi connectivity index (χ0v) is 21.7. The number of nitrogens with two attached hydrogens (primary N) is 2. The molecule has 0 amide bonds. The molecule has 0 bridgehead atoms. The van der Waals surface area contributed by atoms with E-state index in [1.807, 2.05) is 12.1 Å². The number of unbranched alkanes of at least 4 members (excludes halogenated alkanes) is 15. The first-order valence-corrected chi connectivity index (χ1v) is 13.7. The number of nitrogen functional groups attached to an aromatic ring is 1. The van der Waals surface area contributed by atoms with Crippen molar-refractivity contribution in [3.63, 3.8) is 0 Å². The van der Waals surface area contributed by atoms with E-state index >= 15 is 0 Å². The van der Waals surface area contributed by atoms with Crippen molar-refractivity contribution in [1.82, 2.24) is 4.90 Å². The molecule has 0 unspecified atom stereocenters. The molecular weight excluding hydrogens is 392 g/mol. The van der Waals surface area contributed by atoms with Crippen LogP contribution in [-0.2, 0) is 0 Å². The Labute approximate surface area is 200 Å². The number of anilines is 2. The van der Waals surface area contributed by atoms with E-state index in [0.29, 0.717) is 0 Å². The lowest BCUT2D eigenvalue weighted by Crippen LogP contribution is -2.43. The van der Waals surface area contributed by atoms with Gasteiger partial charge < -0.3 is 5.73 Å². The Morgan fingerprint density at radius 3 is 1.59 bits per heavy atom. The summed E-state index contributed by atoms with van der Waals surface area (Å²) in [5.74, 6) is 6.30. The molecule has 0 aliphatic rings. The number of hydrazine groups is 1. The largest absolute Gasteiger partial charge is 0.397 e. The number of benzene rings is 1. The third kappa shape index (κ3) is 14.0. The average molecular weight is 447 g/mol. The van der Waals surface area contributed by atoms with Gasteiger partial charge in [-0.15, -0.1) is 0 Å². The van der Waals surface area contributed by atoms with Crippen molar-refractivity contribution in [3.8, 4) is 0 Å². The van der Waals surface area contributed by atoms with Crippen LogP contribution in [0.3, 0.4) is 0 Å². The lowest BCUT2D eigenvalue weighted by Gasteiger charge is -2.28. The molecule has 0 atom stereocenters. The van der Waals surface area contributed by atoms with Gasteiger partial charge in [0.2, 0.25) is 0 Å². The number of aryl methyl sites for hydroxylation is 1. The van der Waals surface area contributed by atoms with Crippen LogP contribution in [0.1, 0.15) is 122 Å². The maximum atomic E-state index is 6.30. The molecule has 4 N–H and O–H groups in total. The van der Waals surface area contributed by atoms with Crippen LogP contribution in [0.4, 0.5) is 11.4 Å². The second-order valence-corrected chi connectivity index (χ2v) is 9.69. The average Bonchev–Trinajstić information content (AvgIpc) is 2.77. The van der Waals surface area contributed by atoms with Gasteiger partial charge in [-0.3, -0.25) is 9.91 Å². The SMILES string of the molecule is CCCCCCCCCCCCCCCCCCN(CC)CN(N)c1ccc(C)cc1N. The van der Waals surface area contributed by atoms with Gasteiger partial charge in [0.25, 0.3) is 0 Å². The van der Waals surface area contributed by atoms with Gasteiger partial charge in [0.1, 0.15) is 0 Å². The second-order valence-electron chi connectivity index (χ2n) is 9.69. The van der Waals surface area contributed by atoms with Gasteiger partial charge in [-0.1, -0.05) is 116 Å². The fourth-order valence-corrected chi connectivity index (χ4v) is 4.44. The summed E-state index contributed by atoms with van der Waals surface area (Å²) in [6.07, 6.45) is 22.6. The molecule has 0 saturated carbocycles. The van der Waals surface area contributed by atoms with Crippen molar-refractivity contribution in [1.29, 1.82) is 0 Å². The maximum Gasteiger partial charge on any atom is 0.0862 e. The molecule has 1 aromatic rings. The predicted octanol–water partition coefficient (Wildman–Crippen LogP) is 7.80. The van der Waals surface area contributed by atoms with Gasteiger partial charge in [0.15, 0.2) is 0 Å². The van der Waals surface area contributed by atoms with Crippen molar-refractivity contribution < 1.29 is 0 Å². The molecule has 0 radical (unpaired) electrons. The van der Waals surface area contributed by atoms with Crippen LogP contribution in [0.25, 0.3) is 0 Å². The standard InChI is InChI=1S/C28H54N4/c1-4-6-7-8-9-10-11-12-13-14-15-16-17-18-19-20-23-31(5-2)25-32(30)28-22-21-26(3)24-27(28)29/h21-22,24H,4-20,23,25,29-30H2,1-3H3. The van der Waals surface area contributed by atoms with Crippen molar-refractivity contribution in [2.24, 2.45) is 5.84 Å². The van der Waals surface area contributed by atoms with Crippen LogP contribution in [-0.4, -0.2) is 24.7 Å². The van der Waals surface area contributed by atoms with E-state index in [4.69, 9.17) is 11.6 Å². The highest BCUT2D eigenvalue weighted by atomic mass is 15.5. The molecule has 0 fully saturated rings. The van der Waals surface area contributed by atoms with Crippen LogP contribution in [0.5, 0.6) is 0 Å². The van der Waals surface area contributed by atoms with Gasteiger partial charge in [-0.2, -0.15) is 0 Å². The monoisotopic (exact) mass is 446 g/mol. The molecule has 0 saturated heterocycles. The van der Waals surface area contributed by atoms with Crippen LogP contribution in [0.15, 0.2) is 18.2 Å². The van der Waals surface area contributed by atoms with Crippen molar-refractivity contribution in [3.05, 3.63) is 23.8 Å². The van der Waals surface area contributed by atoms with E-state index in [9.17, 15) is 0 Å². The molecule has 186 valence electrons. The van der Waals surface area contributed by atoms with Gasteiger partial charge in [0, 0.05) is 0 Å². The number of hydrogen-bond donors (Lipinski definition) is 2. The molecule has 32 heavy (non-hydrogen) atoms. The molecule has 0 aliphatic carbocycles. The van der Waals surface area contributed by atoms with Gasteiger partial charge in [0.05, 0.1) is 18.0 Å². The minimum atomic E-state index is 0.725. The van der Waals surface area contributed by atoms with Crippen molar-refractivity contribution in [2.75, 3.05) is 30.5 Å². The topological polar surface area (TPSA) is 58.5 Å². The van der Waals surface area contributed by atoms with Gasteiger partial charge >= 0.3 is 0 Å². The minimum absolute atomic E-state index is 0.725. The first-order chi connectivity index (χ1) is 15.6. The van der Waals surface area contributed by atoms with E-state index in [1.165, 1.54) is 108 Å². The summed E-state index contributed by atoms with van der Waals surface area (Å²) in [7, 11) is 0. The molecule has 0 aliphatic heterocycles. The zero-order chi connectivity index (χ0) is 23.4. The van der Waals surface area contributed by atoms with Gasteiger partial charge in [-0.05, 0) is 44.1 Å². The quantitative estimate of drug-likeness (QED) is 0.0665. The Hall–Kier alpha value is -1.26. The summed E-state index contributed by atoms with van der Waals surface area (Å²) in [6, 6.07) is 6.08. The Morgan fingerprint density at radius 1 is 0.688 bits per heavy atom. The van der Waals surface area contributed by atoms with Crippen LogP contribution in [0.2, 0.25) is 0 Å². The summed E-state index contributed by atoms with van der Waals surface area (Å²) in [6.45, 7) is 9.39. The molecule has 4 heteroatoms. The van der Waals surface area contributed by atoms with Crippen molar-refractivity contribution in [2.45, 2.75) is 124 Å². The van der Waals surface area contributed by atoms with Crippen molar-refractivity contribution >= 4 is 11.4 Å². The Morgan fingerprint density at radius 2 is 1.16 bits per heavy atom. The fraction of sp³-hybridized carbons (Fsp3) is 0.786. The van der Waals surface area contributed by atoms with Crippen LogP contribution < -0.4 is 16.6 Å². The lowest BCUT2D eigenvalue weighted by molar-refractivity contribution is 0.279. The van der Waals surface area contributed by atoms with Crippen LogP contribution in [0, 0.1) is 6.92 Å². The smallest absolute Gasteiger partial charge is 0.0862 e. The van der Waals surface area contributed by atoms with E-state index in [0.717, 1.165) is 31.1 Å². The summed E-state index contributed by atoms with van der Waals surface area (Å²) >= 11 is 0. The molecular formula is C28H54N4. The van der Waals surface area contributed by atoms with E-state index in [2.05, 4.69) is 31.7 Å². The zero-order valence-electron chi connectivity index (χ0n) is 21.7. The number of rotatable bonds is 21. The Bertz CT molecular complexity index is 560. The molecule has 1 rings (SSSR count). The first kappa shape index (κ1) is 28.8. The third-order valence-corrected chi connectivity index (χ3v) is 6.62. The maximum absolute atomic E-state index is 6.30. The highest BCUT2D eigenvalue weighted by molar-refractivity contribution is 5.67. The minimum Gasteiger partial charge on any atom is -0.397 e. The number of hydrogen-bond acceptors (Lipinski definition) is 4. The highest BCUT2D eigenvalue weighted by Gasteiger charge is 2.10. The molecule has 1 aromatic carbocycles. The molecule has 0 aromatic heterocycles.